The van der Waals surface area contributed by atoms with Crippen LogP contribution in [0.4, 0.5) is 0 Å². The SMILES string of the molecule is CC1(Cn2cc(C(=O)N3CCCCC3Cn3cccn3)nn2)COC1. The number of carbonyl (C=O) groups is 1. The predicted molar refractivity (Wildman–Crippen MR) is 89.9 cm³/mol. The summed E-state index contributed by atoms with van der Waals surface area (Å²) in [6.07, 6.45) is 8.65. The number of likely N-dealkylation sites (tertiary alicyclic amines) is 1. The molecule has 134 valence electrons. The van der Waals surface area contributed by atoms with Crippen molar-refractivity contribution in [3.63, 3.8) is 0 Å². The van der Waals surface area contributed by atoms with E-state index in [-0.39, 0.29) is 17.4 Å². The standard InChI is InChI=1S/C17H24N6O2/c1-17(12-25-13-17)11-22-10-15(19-20-22)16(24)23-8-3-2-5-14(23)9-21-7-4-6-18-21/h4,6-7,10,14H,2-3,5,8-9,11-13H2,1H3. The molecule has 0 saturated carbocycles. The zero-order chi connectivity index (χ0) is 17.3. The van der Waals surface area contributed by atoms with Crippen LogP contribution in [0.25, 0.3) is 0 Å². The van der Waals surface area contributed by atoms with E-state index in [2.05, 4.69) is 22.3 Å². The van der Waals surface area contributed by atoms with Crippen LogP contribution in [-0.2, 0) is 17.8 Å². The van der Waals surface area contributed by atoms with Gasteiger partial charge in [-0.25, -0.2) is 0 Å². The summed E-state index contributed by atoms with van der Waals surface area (Å²) >= 11 is 0. The normalized spacial score (nSPS) is 22.6. The molecule has 0 bridgehead atoms. The lowest BCUT2D eigenvalue weighted by atomic mass is 9.89. The number of ether oxygens (including phenoxy) is 1. The fourth-order valence-corrected chi connectivity index (χ4v) is 3.64. The van der Waals surface area contributed by atoms with Gasteiger partial charge in [-0.2, -0.15) is 5.10 Å². The minimum Gasteiger partial charge on any atom is -0.380 e. The van der Waals surface area contributed by atoms with Gasteiger partial charge in [0.2, 0.25) is 0 Å². The van der Waals surface area contributed by atoms with E-state index < -0.39 is 0 Å². The molecule has 0 aliphatic carbocycles. The third-order valence-corrected chi connectivity index (χ3v) is 5.05. The Morgan fingerprint density at radius 3 is 2.96 bits per heavy atom. The van der Waals surface area contributed by atoms with Gasteiger partial charge in [0, 0.05) is 24.4 Å². The minimum absolute atomic E-state index is 0.0295. The summed E-state index contributed by atoms with van der Waals surface area (Å²) in [7, 11) is 0. The molecule has 2 fully saturated rings. The Kier molecular flexibility index (Phi) is 4.29. The van der Waals surface area contributed by atoms with E-state index in [1.807, 2.05) is 21.8 Å². The van der Waals surface area contributed by atoms with E-state index in [0.717, 1.165) is 52.1 Å². The van der Waals surface area contributed by atoms with Crippen molar-refractivity contribution in [2.24, 2.45) is 5.41 Å². The van der Waals surface area contributed by atoms with Gasteiger partial charge >= 0.3 is 0 Å². The number of hydrogen-bond donors (Lipinski definition) is 0. The van der Waals surface area contributed by atoms with Gasteiger partial charge in [0.05, 0.1) is 38.5 Å². The molecule has 2 aromatic heterocycles. The summed E-state index contributed by atoms with van der Waals surface area (Å²) in [4.78, 5) is 14.9. The Labute approximate surface area is 146 Å². The van der Waals surface area contributed by atoms with Gasteiger partial charge in [-0.05, 0) is 25.3 Å². The fraction of sp³-hybridized carbons (Fsp3) is 0.647. The van der Waals surface area contributed by atoms with Crippen LogP contribution in [0.5, 0.6) is 0 Å². The first kappa shape index (κ1) is 16.3. The minimum atomic E-state index is -0.0295. The molecule has 0 spiro atoms. The second kappa shape index (κ2) is 6.59. The fourth-order valence-electron chi connectivity index (χ4n) is 3.64. The van der Waals surface area contributed by atoms with Crippen molar-refractivity contribution in [3.8, 4) is 0 Å². The van der Waals surface area contributed by atoms with Gasteiger partial charge in [0.25, 0.3) is 5.91 Å². The van der Waals surface area contributed by atoms with E-state index in [9.17, 15) is 4.79 Å². The van der Waals surface area contributed by atoms with Crippen molar-refractivity contribution < 1.29 is 9.53 Å². The summed E-state index contributed by atoms with van der Waals surface area (Å²) in [5, 5.41) is 12.5. The molecule has 1 atom stereocenters. The first-order chi connectivity index (χ1) is 12.1. The smallest absolute Gasteiger partial charge is 0.276 e. The molecule has 1 amide bonds. The Hall–Kier alpha value is -2.22. The van der Waals surface area contributed by atoms with Gasteiger partial charge in [0.1, 0.15) is 0 Å². The molecule has 2 aliphatic rings. The molecule has 25 heavy (non-hydrogen) atoms. The molecule has 0 radical (unpaired) electrons. The van der Waals surface area contributed by atoms with E-state index >= 15 is 0 Å². The van der Waals surface area contributed by atoms with Crippen molar-refractivity contribution in [1.29, 1.82) is 0 Å². The van der Waals surface area contributed by atoms with Crippen molar-refractivity contribution >= 4 is 5.91 Å². The van der Waals surface area contributed by atoms with Crippen LogP contribution < -0.4 is 0 Å². The lowest BCUT2D eigenvalue weighted by molar-refractivity contribution is -0.111. The van der Waals surface area contributed by atoms with Gasteiger partial charge < -0.3 is 9.64 Å². The predicted octanol–water partition coefficient (Wildman–Crippen LogP) is 1.21. The van der Waals surface area contributed by atoms with Gasteiger partial charge in [-0.3, -0.25) is 14.2 Å². The molecular formula is C17H24N6O2. The highest BCUT2D eigenvalue weighted by Crippen LogP contribution is 2.28. The largest absolute Gasteiger partial charge is 0.380 e. The Morgan fingerprint density at radius 1 is 1.36 bits per heavy atom. The summed E-state index contributed by atoms with van der Waals surface area (Å²) in [5.41, 5.74) is 0.526. The highest BCUT2D eigenvalue weighted by molar-refractivity contribution is 5.92. The third-order valence-electron chi connectivity index (χ3n) is 5.05. The monoisotopic (exact) mass is 344 g/mol. The molecule has 2 saturated heterocycles. The Bertz CT molecular complexity index is 721. The van der Waals surface area contributed by atoms with Crippen LogP contribution in [0.3, 0.4) is 0 Å². The summed E-state index contributed by atoms with van der Waals surface area (Å²) < 4.78 is 8.94. The molecule has 1 unspecified atom stereocenters. The molecule has 0 N–H and O–H groups in total. The topological polar surface area (TPSA) is 78.1 Å². The average Bonchev–Trinajstić information content (AvgIpc) is 3.25. The van der Waals surface area contributed by atoms with Gasteiger partial charge in [0.15, 0.2) is 5.69 Å². The van der Waals surface area contributed by atoms with Crippen LogP contribution in [0, 0.1) is 5.41 Å². The van der Waals surface area contributed by atoms with Gasteiger partial charge in [-0.15, -0.1) is 5.10 Å². The maximum absolute atomic E-state index is 13.0. The zero-order valence-corrected chi connectivity index (χ0v) is 14.5. The Morgan fingerprint density at radius 2 is 2.24 bits per heavy atom. The molecule has 4 heterocycles. The highest BCUT2D eigenvalue weighted by Gasteiger charge is 2.35. The van der Waals surface area contributed by atoms with Crippen LogP contribution in [0.2, 0.25) is 0 Å². The molecular weight excluding hydrogens is 320 g/mol. The second-order valence-corrected chi connectivity index (χ2v) is 7.48. The number of carbonyl (C=O) groups excluding carboxylic acids is 1. The van der Waals surface area contributed by atoms with E-state index in [4.69, 9.17) is 4.74 Å². The summed E-state index contributed by atoms with van der Waals surface area (Å²) in [6.45, 7) is 5.84. The summed E-state index contributed by atoms with van der Waals surface area (Å²) in [6, 6.07) is 2.06. The molecule has 4 rings (SSSR count). The first-order valence-electron chi connectivity index (χ1n) is 8.89. The lowest BCUT2D eigenvalue weighted by Crippen LogP contribution is -2.46. The molecule has 8 nitrogen and oxygen atoms in total. The number of amides is 1. The van der Waals surface area contributed by atoms with Crippen LogP contribution in [0.1, 0.15) is 36.7 Å². The zero-order valence-electron chi connectivity index (χ0n) is 14.5. The van der Waals surface area contributed by atoms with Crippen LogP contribution in [0.15, 0.2) is 24.7 Å². The van der Waals surface area contributed by atoms with Gasteiger partial charge in [-0.1, -0.05) is 12.1 Å². The number of piperidine rings is 1. The Balaban J connectivity index is 1.45. The van der Waals surface area contributed by atoms with Crippen molar-refractivity contribution in [2.45, 2.75) is 45.3 Å². The average molecular weight is 344 g/mol. The number of aromatic nitrogens is 5. The van der Waals surface area contributed by atoms with E-state index in [1.54, 1.807) is 17.1 Å². The van der Waals surface area contributed by atoms with Crippen molar-refractivity contribution in [1.82, 2.24) is 29.7 Å². The first-order valence-corrected chi connectivity index (χ1v) is 8.89. The third kappa shape index (κ3) is 3.44. The number of nitrogens with zero attached hydrogens (tertiary/aromatic N) is 6. The molecule has 0 aromatic carbocycles. The molecule has 2 aromatic rings. The number of rotatable bonds is 5. The maximum Gasteiger partial charge on any atom is 0.276 e. The van der Waals surface area contributed by atoms with Crippen molar-refractivity contribution in [2.75, 3.05) is 19.8 Å². The second-order valence-electron chi connectivity index (χ2n) is 7.48. The maximum atomic E-state index is 13.0. The quantitative estimate of drug-likeness (QED) is 0.815. The van der Waals surface area contributed by atoms with Crippen molar-refractivity contribution in [3.05, 3.63) is 30.4 Å². The lowest BCUT2D eigenvalue weighted by Gasteiger charge is -2.37. The number of hydrogen-bond acceptors (Lipinski definition) is 5. The van der Waals surface area contributed by atoms with E-state index in [0.29, 0.717) is 5.69 Å². The molecule has 8 heteroatoms. The molecule has 2 aliphatic heterocycles. The highest BCUT2D eigenvalue weighted by atomic mass is 16.5. The van der Waals surface area contributed by atoms with E-state index in [1.165, 1.54) is 0 Å². The summed E-state index contributed by atoms with van der Waals surface area (Å²) in [5.74, 6) is -0.0295. The van der Waals surface area contributed by atoms with Crippen LogP contribution in [-0.4, -0.2) is 61.4 Å². The van der Waals surface area contributed by atoms with Crippen LogP contribution >= 0.6 is 0 Å².